The molecule has 0 radical (unpaired) electrons. The summed E-state index contributed by atoms with van der Waals surface area (Å²) in [6.45, 7) is 7.19. The molecule has 11 heteroatoms. The van der Waals surface area contributed by atoms with Gasteiger partial charge in [0.2, 0.25) is 5.95 Å². The molecule has 212 valence electrons. The first-order valence-electron chi connectivity index (χ1n) is 13.4. The van der Waals surface area contributed by atoms with Crippen LogP contribution in [-0.2, 0) is 11.3 Å². The fourth-order valence-electron chi connectivity index (χ4n) is 4.93. The number of aromatic nitrogens is 4. The summed E-state index contributed by atoms with van der Waals surface area (Å²) in [5.41, 5.74) is 1.72. The van der Waals surface area contributed by atoms with Crippen molar-refractivity contribution < 1.29 is 23.7 Å². The Labute approximate surface area is 233 Å². The number of piperidine rings is 1. The Morgan fingerprint density at radius 3 is 2.58 bits per heavy atom. The topological polar surface area (TPSA) is 112 Å². The lowest BCUT2D eigenvalue weighted by atomic mass is 9.98. The second kappa shape index (κ2) is 11.1. The molecule has 5 rings (SSSR count). The van der Waals surface area contributed by atoms with E-state index in [1.54, 1.807) is 30.7 Å². The van der Waals surface area contributed by atoms with Crippen LogP contribution in [0.25, 0.3) is 16.6 Å². The number of fused-ring (bicyclic) bond motifs is 3. The van der Waals surface area contributed by atoms with Gasteiger partial charge in [-0.2, -0.15) is 4.52 Å². The molecule has 1 saturated heterocycles. The molecule has 3 heterocycles. The molecule has 0 saturated carbocycles. The number of carbonyl (C=O) groups excluding carboxylic acids is 1. The Morgan fingerprint density at radius 1 is 1.05 bits per heavy atom. The van der Waals surface area contributed by atoms with Crippen LogP contribution >= 0.6 is 0 Å². The zero-order valence-electron chi connectivity index (χ0n) is 23.9. The molecule has 1 aliphatic heterocycles. The quantitative estimate of drug-likeness (QED) is 0.340. The van der Waals surface area contributed by atoms with Crippen molar-refractivity contribution >= 4 is 28.6 Å². The highest BCUT2D eigenvalue weighted by molar-refractivity contribution is 5.96. The molecule has 1 aliphatic rings. The maximum absolute atomic E-state index is 12.8. The first-order valence-corrected chi connectivity index (χ1v) is 13.4. The predicted octanol–water partition coefficient (Wildman–Crippen LogP) is 5.03. The molecule has 0 unspecified atom stereocenters. The summed E-state index contributed by atoms with van der Waals surface area (Å²) in [7, 11) is 4.87. The average molecular weight is 549 g/mol. The van der Waals surface area contributed by atoms with Gasteiger partial charge in [-0.1, -0.05) is 6.07 Å². The molecular weight excluding hydrogens is 512 g/mol. The number of anilines is 1. The molecule has 0 bridgehead atoms. The van der Waals surface area contributed by atoms with E-state index in [0.29, 0.717) is 59.8 Å². The van der Waals surface area contributed by atoms with E-state index in [9.17, 15) is 4.79 Å². The molecule has 4 aromatic rings. The fraction of sp³-hybridized carbons (Fsp3) is 0.448. The Bertz CT molecular complexity index is 1530. The van der Waals surface area contributed by atoms with Crippen molar-refractivity contribution in [3.8, 4) is 17.2 Å². The third-order valence-corrected chi connectivity index (χ3v) is 6.87. The van der Waals surface area contributed by atoms with Crippen molar-refractivity contribution in [3.63, 3.8) is 0 Å². The highest BCUT2D eigenvalue weighted by atomic mass is 16.6. The van der Waals surface area contributed by atoms with Gasteiger partial charge in [-0.3, -0.25) is 0 Å². The van der Waals surface area contributed by atoms with Crippen LogP contribution in [0.15, 0.2) is 36.4 Å². The van der Waals surface area contributed by atoms with Crippen LogP contribution in [0.3, 0.4) is 0 Å². The van der Waals surface area contributed by atoms with Crippen molar-refractivity contribution in [1.29, 1.82) is 0 Å². The van der Waals surface area contributed by atoms with Crippen molar-refractivity contribution in [2.24, 2.45) is 0 Å². The van der Waals surface area contributed by atoms with E-state index < -0.39 is 5.60 Å². The van der Waals surface area contributed by atoms with Crippen molar-refractivity contribution in [1.82, 2.24) is 24.5 Å². The number of hydrogen-bond donors (Lipinski definition) is 1. The number of hydrogen-bond acceptors (Lipinski definition) is 9. The lowest BCUT2D eigenvalue weighted by Crippen LogP contribution is -2.42. The number of carbonyl (C=O) groups is 1. The molecule has 2 aromatic carbocycles. The number of methoxy groups -OCH3 is 3. The summed E-state index contributed by atoms with van der Waals surface area (Å²) in [5, 5.41) is 9.14. The van der Waals surface area contributed by atoms with Crippen LogP contribution < -0.4 is 19.5 Å². The number of benzene rings is 2. The number of ether oxygens (including phenoxy) is 4. The molecule has 2 aromatic heterocycles. The smallest absolute Gasteiger partial charge is 0.410 e. The summed E-state index contributed by atoms with van der Waals surface area (Å²) >= 11 is 0. The highest BCUT2D eigenvalue weighted by Crippen LogP contribution is 2.32. The predicted molar refractivity (Wildman–Crippen MR) is 151 cm³/mol. The van der Waals surface area contributed by atoms with Gasteiger partial charge in [0, 0.05) is 42.6 Å². The van der Waals surface area contributed by atoms with Crippen LogP contribution in [0, 0.1) is 0 Å². The van der Waals surface area contributed by atoms with Crippen molar-refractivity contribution in [3.05, 3.63) is 47.8 Å². The van der Waals surface area contributed by atoms with Crippen LogP contribution in [-0.4, -0.2) is 70.6 Å². The van der Waals surface area contributed by atoms with Gasteiger partial charge in [-0.15, -0.1) is 5.10 Å². The van der Waals surface area contributed by atoms with Gasteiger partial charge in [-0.05, 0) is 57.9 Å². The van der Waals surface area contributed by atoms with Crippen molar-refractivity contribution in [2.45, 2.75) is 51.7 Å². The Morgan fingerprint density at radius 2 is 1.85 bits per heavy atom. The van der Waals surface area contributed by atoms with Gasteiger partial charge in [-0.25, -0.2) is 14.8 Å². The molecule has 0 spiro atoms. The van der Waals surface area contributed by atoms with E-state index in [1.807, 2.05) is 57.2 Å². The standard InChI is InChI=1S/C29H36N6O5/c1-29(2,3)40-28(36)34-14-8-9-19(17-34)25-32-26-21-10-7-11-22(38-5)24(21)31-27(35(26)33-25)30-16-18-12-13-20(37-4)15-23(18)39-6/h7,10-13,15,19H,8-9,14,16-17H2,1-6H3,(H,30,31)/t19-/m1/s1. The van der Waals surface area contributed by atoms with Crippen LogP contribution in [0.5, 0.6) is 17.2 Å². The summed E-state index contributed by atoms with van der Waals surface area (Å²) in [5.74, 6) is 3.20. The lowest BCUT2D eigenvalue weighted by Gasteiger charge is -2.33. The average Bonchev–Trinajstić information content (AvgIpc) is 3.41. The number of nitrogens with zero attached hydrogens (tertiary/aromatic N) is 5. The third-order valence-electron chi connectivity index (χ3n) is 6.87. The Balaban J connectivity index is 1.51. The van der Waals surface area contributed by atoms with Gasteiger partial charge >= 0.3 is 6.09 Å². The van der Waals surface area contributed by atoms with E-state index in [2.05, 4.69) is 5.32 Å². The lowest BCUT2D eigenvalue weighted by molar-refractivity contribution is 0.0196. The van der Waals surface area contributed by atoms with Crippen molar-refractivity contribution in [2.75, 3.05) is 39.7 Å². The van der Waals surface area contributed by atoms with Gasteiger partial charge in [0.05, 0.1) is 21.3 Å². The molecule has 0 aliphatic carbocycles. The minimum absolute atomic E-state index is 0.0311. The fourth-order valence-corrected chi connectivity index (χ4v) is 4.93. The van der Waals surface area contributed by atoms with Gasteiger partial charge < -0.3 is 29.2 Å². The third kappa shape index (κ3) is 5.54. The minimum atomic E-state index is -0.553. The molecule has 40 heavy (non-hydrogen) atoms. The molecule has 1 fully saturated rings. The van der Waals surface area contributed by atoms with Gasteiger partial charge in [0.15, 0.2) is 11.5 Å². The maximum atomic E-state index is 12.8. The summed E-state index contributed by atoms with van der Waals surface area (Å²) in [4.78, 5) is 24.4. The SMILES string of the molecule is COc1ccc(CNc2nc3c(OC)cccc3c3nc([C@@H]4CCCN(C(=O)OC(C)(C)C)C4)nn23)c(OC)c1. The molecule has 11 nitrogen and oxygen atoms in total. The first-order chi connectivity index (χ1) is 19.2. The number of para-hydroxylation sites is 1. The number of likely N-dealkylation sites (tertiary alicyclic amines) is 1. The summed E-state index contributed by atoms with van der Waals surface area (Å²) in [6.07, 6.45) is 1.40. The minimum Gasteiger partial charge on any atom is -0.497 e. The van der Waals surface area contributed by atoms with E-state index in [4.69, 9.17) is 34.0 Å². The zero-order chi connectivity index (χ0) is 28.4. The summed E-state index contributed by atoms with van der Waals surface area (Å²) < 4.78 is 23.9. The largest absolute Gasteiger partial charge is 0.497 e. The second-order valence-corrected chi connectivity index (χ2v) is 10.8. The zero-order valence-corrected chi connectivity index (χ0v) is 23.9. The first kappa shape index (κ1) is 27.3. The van der Waals surface area contributed by atoms with Crippen LogP contribution in [0.4, 0.5) is 10.7 Å². The Kier molecular flexibility index (Phi) is 7.55. The highest BCUT2D eigenvalue weighted by Gasteiger charge is 2.31. The molecule has 1 atom stereocenters. The number of amides is 1. The number of nitrogens with one attached hydrogen (secondary N) is 1. The molecular formula is C29H36N6O5. The van der Waals surface area contributed by atoms with E-state index in [-0.39, 0.29) is 12.0 Å². The normalized spacial score (nSPS) is 15.8. The van der Waals surface area contributed by atoms with Crippen LogP contribution in [0.1, 0.15) is 50.9 Å². The van der Waals surface area contributed by atoms with E-state index in [0.717, 1.165) is 23.8 Å². The van der Waals surface area contributed by atoms with Gasteiger partial charge in [0.25, 0.3) is 0 Å². The second-order valence-electron chi connectivity index (χ2n) is 10.8. The Hall–Kier alpha value is -4.28. The number of rotatable bonds is 7. The monoisotopic (exact) mass is 548 g/mol. The summed E-state index contributed by atoms with van der Waals surface area (Å²) in [6, 6.07) is 11.4. The van der Waals surface area contributed by atoms with E-state index >= 15 is 0 Å². The molecule has 1 N–H and O–H groups in total. The van der Waals surface area contributed by atoms with E-state index in [1.165, 1.54) is 0 Å². The maximum Gasteiger partial charge on any atom is 0.410 e. The van der Waals surface area contributed by atoms with Gasteiger partial charge in [0.1, 0.15) is 28.4 Å². The molecule has 1 amide bonds. The van der Waals surface area contributed by atoms with Crippen LogP contribution in [0.2, 0.25) is 0 Å².